The molecule has 3 rings (SSSR count). The highest BCUT2D eigenvalue weighted by Crippen LogP contribution is 2.35. The molecule has 1 amide bonds. The molecule has 3 aromatic rings. The molecule has 7 heteroatoms. The van der Waals surface area contributed by atoms with E-state index in [0.717, 1.165) is 6.42 Å². The third kappa shape index (κ3) is 4.12. The Morgan fingerprint density at radius 3 is 2.52 bits per heavy atom. The summed E-state index contributed by atoms with van der Waals surface area (Å²) < 4.78 is 14.7. The molecule has 1 unspecified atom stereocenters. The Labute approximate surface area is 173 Å². The van der Waals surface area contributed by atoms with Crippen LogP contribution < -0.4 is 5.32 Å². The fraction of sp³-hybridized carbons (Fsp3) is 0.273. The zero-order valence-corrected chi connectivity index (χ0v) is 17.2. The SMILES string of the molecule is CCC(C)NC(=O)Cc1c(C)n(C(=O)c2ccc(F)cc2)c2cc(Cl)c(O)cc12. The van der Waals surface area contributed by atoms with E-state index in [1.54, 1.807) is 6.92 Å². The number of phenols is 1. The summed E-state index contributed by atoms with van der Waals surface area (Å²) in [5.74, 6) is -1.12. The molecule has 1 aromatic heterocycles. The van der Waals surface area contributed by atoms with Crippen molar-refractivity contribution in [3.8, 4) is 5.75 Å². The quantitative estimate of drug-likeness (QED) is 0.638. The molecule has 0 saturated heterocycles. The molecule has 152 valence electrons. The summed E-state index contributed by atoms with van der Waals surface area (Å²) >= 11 is 6.08. The first-order valence-electron chi connectivity index (χ1n) is 9.35. The maximum Gasteiger partial charge on any atom is 0.262 e. The zero-order valence-electron chi connectivity index (χ0n) is 16.4. The topological polar surface area (TPSA) is 71.3 Å². The molecule has 0 spiro atoms. The molecule has 1 atom stereocenters. The summed E-state index contributed by atoms with van der Waals surface area (Å²) in [6, 6.07) is 8.23. The van der Waals surface area contributed by atoms with Gasteiger partial charge in [0.15, 0.2) is 0 Å². The lowest BCUT2D eigenvalue weighted by molar-refractivity contribution is -0.121. The van der Waals surface area contributed by atoms with Crippen LogP contribution in [0.5, 0.6) is 5.75 Å². The molecule has 29 heavy (non-hydrogen) atoms. The van der Waals surface area contributed by atoms with Crippen molar-refractivity contribution in [1.29, 1.82) is 0 Å². The highest BCUT2D eigenvalue weighted by Gasteiger charge is 2.23. The molecule has 1 heterocycles. The number of carbonyl (C=O) groups excluding carboxylic acids is 2. The second-order valence-electron chi connectivity index (χ2n) is 7.09. The zero-order chi connectivity index (χ0) is 21.3. The van der Waals surface area contributed by atoms with Crippen molar-refractivity contribution >= 4 is 34.3 Å². The number of fused-ring (bicyclic) bond motifs is 1. The van der Waals surface area contributed by atoms with Crippen LogP contribution in [-0.2, 0) is 11.2 Å². The molecular weight excluding hydrogens is 395 g/mol. The van der Waals surface area contributed by atoms with Crippen molar-refractivity contribution in [3.63, 3.8) is 0 Å². The minimum atomic E-state index is -0.439. The number of benzene rings is 2. The van der Waals surface area contributed by atoms with Gasteiger partial charge >= 0.3 is 0 Å². The van der Waals surface area contributed by atoms with Gasteiger partial charge in [-0.3, -0.25) is 14.2 Å². The third-order valence-corrected chi connectivity index (χ3v) is 5.36. The normalized spacial score (nSPS) is 12.2. The number of phenolic OH excluding ortho intramolecular Hbond substituents is 1. The Bertz CT molecular complexity index is 1090. The first kappa shape index (κ1) is 20.9. The number of nitrogens with one attached hydrogen (secondary N) is 1. The summed E-state index contributed by atoms with van der Waals surface area (Å²) in [5, 5.41) is 13.7. The average Bonchev–Trinajstić information content (AvgIpc) is 2.93. The monoisotopic (exact) mass is 416 g/mol. The molecular formula is C22H22ClFN2O3. The minimum absolute atomic E-state index is 0.0276. The number of aromatic hydroxyl groups is 1. The van der Waals surface area contributed by atoms with Gasteiger partial charge < -0.3 is 10.4 Å². The van der Waals surface area contributed by atoms with Crippen LogP contribution in [0.3, 0.4) is 0 Å². The smallest absolute Gasteiger partial charge is 0.262 e. The van der Waals surface area contributed by atoms with E-state index in [0.29, 0.717) is 27.7 Å². The van der Waals surface area contributed by atoms with Gasteiger partial charge in [0.1, 0.15) is 11.6 Å². The molecule has 2 aromatic carbocycles. The van der Waals surface area contributed by atoms with Gasteiger partial charge in [-0.15, -0.1) is 0 Å². The Kier molecular flexibility index (Phi) is 5.94. The maximum absolute atomic E-state index is 13.3. The summed E-state index contributed by atoms with van der Waals surface area (Å²) in [4.78, 5) is 25.6. The van der Waals surface area contributed by atoms with Crippen LogP contribution in [0, 0.1) is 12.7 Å². The number of aromatic nitrogens is 1. The lowest BCUT2D eigenvalue weighted by Crippen LogP contribution is -2.33. The lowest BCUT2D eigenvalue weighted by Gasteiger charge is -2.11. The Hall–Kier alpha value is -2.86. The number of hydrogen-bond donors (Lipinski definition) is 2. The van der Waals surface area contributed by atoms with Crippen LogP contribution >= 0.6 is 11.6 Å². The van der Waals surface area contributed by atoms with Crippen molar-refractivity contribution in [1.82, 2.24) is 9.88 Å². The molecule has 0 aliphatic rings. The Balaban J connectivity index is 2.13. The van der Waals surface area contributed by atoms with Gasteiger partial charge in [-0.05, 0) is 62.2 Å². The summed E-state index contributed by atoms with van der Waals surface area (Å²) in [6.07, 6.45) is 0.851. The van der Waals surface area contributed by atoms with E-state index >= 15 is 0 Å². The molecule has 2 N–H and O–H groups in total. The fourth-order valence-corrected chi connectivity index (χ4v) is 3.44. The van der Waals surface area contributed by atoms with E-state index in [-0.39, 0.29) is 35.0 Å². The Morgan fingerprint density at radius 2 is 1.90 bits per heavy atom. The molecule has 0 bridgehead atoms. The number of amides is 1. The Morgan fingerprint density at radius 1 is 1.24 bits per heavy atom. The molecule has 5 nitrogen and oxygen atoms in total. The van der Waals surface area contributed by atoms with Gasteiger partial charge in [-0.2, -0.15) is 0 Å². The van der Waals surface area contributed by atoms with E-state index in [2.05, 4.69) is 5.32 Å². The first-order chi connectivity index (χ1) is 13.7. The predicted octanol–water partition coefficient (Wildman–Crippen LogP) is 4.59. The highest BCUT2D eigenvalue weighted by molar-refractivity contribution is 6.33. The van der Waals surface area contributed by atoms with E-state index in [1.165, 1.54) is 41.0 Å². The summed E-state index contributed by atoms with van der Waals surface area (Å²) in [6.45, 7) is 5.62. The molecule has 0 fully saturated rings. The van der Waals surface area contributed by atoms with Gasteiger partial charge in [0.05, 0.1) is 17.0 Å². The van der Waals surface area contributed by atoms with Crippen molar-refractivity contribution in [2.75, 3.05) is 0 Å². The van der Waals surface area contributed by atoms with E-state index < -0.39 is 5.82 Å². The van der Waals surface area contributed by atoms with Gasteiger partial charge in [-0.25, -0.2) is 4.39 Å². The predicted molar refractivity (Wildman–Crippen MR) is 111 cm³/mol. The van der Waals surface area contributed by atoms with Gasteiger partial charge in [-0.1, -0.05) is 18.5 Å². The van der Waals surface area contributed by atoms with Crippen LogP contribution in [0.4, 0.5) is 4.39 Å². The van der Waals surface area contributed by atoms with E-state index in [9.17, 15) is 19.1 Å². The maximum atomic E-state index is 13.3. The summed E-state index contributed by atoms with van der Waals surface area (Å²) in [7, 11) is 0. The summed E-state index contributed by atoms with van der Waals surface area (Å²) in [5.41, 5.74) is 1.97. The second-order valence-corrected chi connectivity index (χ2v) is 7.49. The van der Waals surface area contributed by atoms with E-state index in [1.807, 2.05) is 13.8 Å². The minimum Gasteiger partial charge on any atom is -0.506 e. The van der Waals surface area contributed by atoms with Crippen LogP contribution in [0.2, 0.25) is 5.02 Å². The second kappa shape index (κ2) is 8.25. The van der Waals surface area contributed by atoms with Crippen LogP contribution in [0.25, 0.3) is 10.9 Å². The van der Waals surface area contributed by atoms with Crippen LogP contribution in [0.15, 0.2) is 36.4 Å². The lowest BCUT2D eigenvalue weighted by atomic mass is 10.1. The fourth-order valence-electron chi connectivity index (χ4n) is 3.28. The number of halogens is 2. The molecule has 0 aliphatic heterocycles. The average molecular weight is 417 g/mol. The van der Waals surface area contributed by atoms with Crippen molar-refractivity contribution in [2.24, 2.45) is 0 Å². The molecule has 0 saturated carbocycles. The van der Waals surface area contributed by atoms with Crippen molar-refractivity contribution in [2.45, 2.75) is 39.7 Å². The first-order valence-corrected chi connectivity index (χ1v) is 9.72. The largest absolute Gasteiger partial charge is 0.506 e. The number of rotatable bonds is 5. The van der Waals surface area contributed by atoms with Crippen molar-refractivity contribution < 1.29 is 19.1 Å². The highest BCUT2D eigenvalue weighted by atomic mass is 35.5. The standard InChI is InChI=1S/C22H22ClFN2O3/c1-4-12(2)25-21(28)10-16-13(3)26(19-11-18(23)20(27)9-17(16)19)22(29)14-5-7-15(24)8-6-14/h5-9,11-12,27H,4,10H2,1-3H3,(H,25,28). The molecule has 0 radical (unpaired) electrons. The number of hydrogen-bond acceptors (Lipinski definition) is 3. The van der Waals surface area contributed by atoms with Gasteiger partial charge in [0, 0.05) is 22.7 Å². The van der Waals surface area contributed by atoms with Crippen LogP contribution in [-0.4, -0.2) is 27.5 Å². The van der Waals surface area contributed by atoms with E-state index in [4.69, 9.17) is 11.6 Å². The number of carbonyl (C=O) groups is 2. The van der Waals surface area contributed by atoms with Crippen LogP contribution in [0.1, 0.15) is 41.9 Å². The molecule has 0 aliphatic carbocycles. The van der Waals surface area contributed by atoms with Gasteiger partial charge in [0.25, 0.3) is 5.91 Å². The number of nitrogens with zero attached hydrogens (tertiary/aromatic N) is 1. The van der Waals surface area contributed by atoms with Crippen molar-refractivity contribution in [3.05, 3.63) is 64.1 Å². The third-order valence-electron chi connectivity index (χ3n) is 5.05. The van der Waals surface area contributed by atoms with Gasteiger partial charge in [0.2, 0.25) is 5.91 Å².